The van der Waals surface area contributed by atoms with Crippen molar-refractivity contribution in [3.05, 3.63) is 40.0 Å². The summed E-state index contributed by atoms with van der Waals surface area (Å²) in [6, 6.07) is 8.02. The van der Waals surface area contributed by atoms with Crippen LogP contribution >= 0.6 is 15.9 Å². The SMILES string of the molecule is CCNc1nc(C)cc(Nc2cccc(C)c2Br)n1. The van der Waals surface area contributed by atoms with E-state index in [-0.39, 0.29) is 0 Å². The van der Waals surface area contributed by atoms with Gasteiger partial charge in [0, 0.05) is 22.8 Å². The van der Waals surface area contributed by atoms with Crippen molar-refractivity contribution in [3.63, 3.8) is 0 Å². The zero-order chi connectivity index (χ0) is 13.8. The average molecular weight is 321 g/mol. The van der Waals surface area contributed by atoms with Gasteiger partial charge < -0.3 is 10.6 Å². The van der Waals surface area contributed by atoms with Crippen molar-refractivity contribution in [3.8, 4) is 0 Å². The maximum absolute atomic E-state index is 4.44. The first kappa shape index (κ1) is 13.8. The molecule has 1 aromatic carbocycles. The van der Waals surface area contributed by atoms with Crippen LogP contribution in [-0.2, 0) is 0 Å². The Labute approximate surface area is 121 Å². The third-order valence-corrected chi connectivity index (χ3v) is 3.70. The summed E-state index contributed by atoms with van der Waals surface area (Å²) in [6.45, 7) is 6.84. The number of aromatic nitrogens is 2. The number of hydrogen-bond acceptors (Lipinski definition) is 4. The van der Waals surface area contributed by atoms with Crippen LogP contribution < -0.4 is 10.6 Å². The van der Waals surface area contributed by atoms with Crippen molar-refractivity contribution in [2.24, 2.45) is 0 Å². The van der Waals surface area contributed by atoms with E-state index in [1.807, 2.05) is 32.0 Å². The molecule has 0 unspecified atom stereocenters. The van der Waals surface area contributed by atoms with Crippen LogP contribution in [-0.4, -0.2) is 16.5 Å². The quantitative estimate of drug-likeness (QED) is 0.892. The summed E-state index contributed by atoms with van der Waals surface area (Å²) >= 11 is 3.58. The van der Waals surface area contributed by atoms with Crippen LogP contribution in [0.15, 0.2) is 28.7 Å². The van der Waals surface area contributed by atoms with Gasteiger partial charge >= 0.3 is 0 Å². The number of hydrogen-bond donors (Lipinski definition) is 2. The highest BCUT2D eigenvalue weighted by molar-refractivity contribution is 9.10. The molecular weight excluding hydrogens is 304 g/mol. The van der Waals surface area contributed by atoms with Crippen molar-refractivity contribution >= 4 is 33.4 Å². The lowest BCUT2D eigenvalue weighted by atomic mass is 10.2. The first-order chi connectivity index (χ1) is 9.10. The number of benzene rings is 1. The van der Waals surface area contributed by atoms with Gasteiger partial charge in [-0.3, -0.25) is 0 Å². The van der Waals surface area contributed by atoms with Crippen molar-refractivity contribution in [2.75, 3.05) is 17.2 Å². The molecule has 5 heteroatoms. The molecular formula is C14H17BrN4. The van der Waals surface area contributed by atoms with Gasteiger partial charge in [-0.05, 0) is 48.3 Å². The normalized spacial score (nSPS) is 10.3. The van der Waals surface area contributed by atoms with E-state index in [9.17, 15) is 0 Å². The van der Waals surface area contributed by atoms with Crippen LogP contribution in [0.2, 0.25) is 0 Å². The highest BCUT2D eigenvalue weighted by atomic mass is 79.9. The standard InChI is InChI=1S/C14H17BrN4/c1-4-16-14-17-10(3)8-12(19-14)18-11-7-5-6-9(2)13(11)15/h5-8H,4H2,1-3H3,(H2,16,17,18,19). The molecule has 0 spiro atoms. The molecule has 0 bridgehead atoms. The number of halogens is 1. The van der Waals surface area contributed by atoms with E-state index in [1.165, 1.54) is 5.56 Å². The third-order valence-electron chi connectivity index (χ3n) is 2.64. The second kappa shape index (κ2) is 6.02. The van der Waals surface area contributed by atoms with Crippen LogP contribution in [0.5, 0.6) is 0 Å². The maximum Gasteiger partial charge on any atom is 0.224 e. The summed E-state index contributed by atoms with van der Waals surface area (Å²) in [5.41, 5.74) is 3.11. The monoisotopic (exact) mass is 320 g/mol. The van der Waals surface area contributed by atoms with E-state index >= 15 is 0 Å². The van der Waals surface area contributed by atoms with Crippen LogP contribution in [0, 0.1) is 13.8 Å². The molecule has 0 aliphatic rings. The molecule has 100 valence electrons. The summed E-state index contributed by atoms with van der Waals surface area (Å²) in [6.07, 6.45) is 0. The van der Waals surface area contributed by atoms with Gasteiger partial charge in [0.15, 0.2) is 0 Å². The second-order valence-corrected chi connectivity index (χ2v) is 5.10. The van der Waals surface area contributed by atoms with Gasteiger partial charge in [-0.15, -0.1) is 0 Å². The first-order valence-corrected chi connectivity index (χ1v) is 7.01. The molecule has 0 aliphatic heterocycles. The molecule has 2 N–H and O–H groups in total. The minimum absolute atomic E-state index is 0.647. The molecule has 2 rings (SSSR count). The molecule has 19 heavy (non-hydrogen) atoms. The molecule has 0 atom stereocenters. The Balaban J connectivity index is 2.30. The fourth-order valence-electron chi connectivity index (χ4n) is 1.75. The lowest BCUT2D eigenvalue weighted by molar-refractivity contribution is 1.05. The topological polar surface area (TPSA) is 49.8 Å². The van der Waals surface area contributed by atoms with Gasteiger partial charge in [0.2, 0.25) is 5.95 Å². The minimum atomic E-state index is 0.647. The average Bonchev–Trinajstić information content (AvgIpc) is 2.35. The summed E-state index contributed by atoms with van der Waals surface area (Å²) in [4.78, 5) is 8.77. The van der Waals surface area contributed by atoms with E-state index in [4.69, 9.17) is 0 Å². The smallest absolute Gasteiger partial charge is 0.224 e. The Hall–Kier alpha value is -1.62. The number of rotatable bonds is 4. The Morgan fingerprint density at radius 3 is 2.74 bits per heavy atom. The lowest BCUT2D eigenvalue weighted by Gasteiger charge is -2.11. The van der Waals surface area contributed by atoms with Gasteiger partial charge in [-0.25, -0.2) is 4.98 Å². The van der Waals surface area contributed by atoms with Crippen molar-refractivity contribution in [2.45, 2.75) is 20.8 Å². The number of nitrogens with one attached hydrogen (secondary N) is 2. The molecule has 0 amide bonds. The second-order valence-electron chi connectivity index (χ2n) is 4.31. The summed E-state index contributed by atoms with van der Waals surface area (Å²) in [5.74, 6) is 1.43. The number of nitrogens with zero attached hydrogens (tertiary/aromatic N) is 2. The number of anilines is 3. The van der Waals surface area contributed by atoms with E-state index < -0.39 is 0 Å². The molecule has 2 aromatic rings. The highest BCUT2D eigenvalue weighted by Gasteiger charge is 2.05. The van der Waals surface area contributed by atoms with E-state index in [2.05, 4.69) is 49.5 Å². The molecule has 0 fully saturated rings. The van der Waals surface area contributed by atoms with Crippen molar-refractivity contribution < 1.29 is 0 Å². The van der Waals surface area contributed by atoms with Gasteiger partial charge in [0.25, 0.3) is 0 Å². The fourth-order valence-corrected chi connectivity index (χ4v) is 2.12. The van der Waals surface area contributed by atoms with Gasteiger partial charge in [-0.2, -0.15) is 4.98 Å². The number of aryl methyl sites for hydroxylation is 2. The third kappa shape index (κ3) is 3.44. The Morgan fingerprint density at radius 2 is 2.00 bits per heavy atom. The van der Waals surface area contributed by atoms with Crippen LogP contribution in [0.25, 0.3) is 0 Å². The predicted octanol–water partition coefficient (Wildman–Crippen LogP) is 4.03. The molecule has 0 radical (unpaired) electrons. The molecule has 1 heterocycles. The Morgan fingerprint density at radius 1 is 1.21 bits per heavy atom. The van der Waals surface area contributed by atoms with Gasteiger partial charge in [0.1, 0.15) is 5.82 Å². The highest BCUT2D eigenvalue weighted by Crippen LogP contribution is 2.28. The molecule has 0 saturated heterocycles. The summed E-state index contributed by atoms with van der Waals surface area (Å²) in [5, 5.41) is 6.44. The zero-order valence-electron chi connectivity index (χ0n) is 11.3. The summed E-state index contributed by atoms with van der Waals surface area (Å²) in [7, 11) is 0. The van der Waals surface area contributed by atoms with E-state index in [0.29, 0.717) is 5.95 Å². The molecule has 1 aromatic heterocycles. The Kier molecular flexibility index (Phi) is 4.37. The van der Waals surface area contributed by atoms with Crippen LogP contribution in [0.4, 0.5) is 17.5 Å². The largest absolute Gasteiger partial charge is 0.354 e. The summed E-state index contributed by atoms with van der Waals surface area (Å²) < 4.78 is 1.05. The minimum Gasteiger partial charge on any atom is -0.354 e. The predicted molar refractivity (Wildman–Crippen MR) is 83.1 cm³/mol. The molecule has 4 nitrogen and oxygen atoms in total. The van der Waals surface area contributed by atoms with E-state index in [0.717, 1.165) is 28.2 Å². The zero-order valence-corrected chi connectivity index (χ0v) is 12.9. The van der Waals surface area contributed by atoms with Gasteiger partial charge in [-0.1, -0.05) is 12.1 Å². The lowest BCUT2D eigenvalue weighted by Crippen LogP contribution is -2.05. The molecule has 0 aliphatic carbocycles. The van der Waals surface area contributed by atoms with Gasteiger partial charge in [0.05, 0.1) is 5.69 Å². The van der Waals surface area contributed by atoms with Crippen molar-refractivity contribution in [1.29, 1.82) is 0 Å². The first-order valence-electron chi connectivity index (χ1n) is 6.22. The van der Waals surface area contributed by atoms with Crippen molar-refractivity contribution in [1.82, 2.24) is 9.97 Å². The molecule has 0 saturated carbocycles. The van der Waals surface area contributed by atoms with Crippen LogP contribution in [0.1, 0.15) is 18.2 Å². The Bertz CT molecular complexity index is 584. The maximum atomic E-state index is 4.44. The van der Waals surface area contributed by atoms with Crippen LogP contribution in [0.3, 0.4) is 0 Å². The fraction of sp³-hybridized carbons (Fsp3) is 0.286. The van der Waals surface area contributed by atoms with E-state index in [1.54, 1.807) is 0 Å².